The molecule has 1 aromatic heterocycles. The van der Waals surface area contributed by atoms with Crippen LogP contribution < -0.4 is 4.72 Å². The lowest BCUT2D eigenvalue weighted by Gasteiger charge is -2.31. The van der Waals surface area contributed by atoms with Crippen LogP contribution in [0.4, 0.5) is 4.39 Å². The molecule has 9 heteroatoms. The van der Waals surface area contributed by atoms with E-state index in [-0.39, 0.29) is 10.9 Å². The van der Waals surface area contributed by atoms with Gasteiger partial charge in [-0.1, -0.05) is 43.3 Å². The van der Waals surface area contributed by atoms with Gasteiger partial charge in [0.2, 0.25) is 21.7 Å². The minimum absolute atomic E-state index is 0.0705. The molecule has 170 valence electrons. The second-order valence-corrected chi connectivity index (χ2v) is 10.1. The predicted octanol–water partition coefficient (Wildman–Crippen LogP) is 3.94. The van der Waals surface area contributed by atoms with Crippen LogP contribution in [0.3, 0.4) is 0 Å². The van der Waals surface area contributed by atoms with Gasteiger partial charge >= 0.3 is 0 Å². The van der Waals surface area contributed by atoms with Crippen LogP contribution in [-0.2, 0) is 16.6 Å². The number of aromatic nitrogens is 2. The van der Waals surface area contributed by atoms with Crippen LogP contribution in [-0.4, -0.2) is 42.6 Å². The van der Waals surface area contributed by atoms with Crippen LogP contribution in [0.15, 0.2) is 57.9 Å². The number of sulfonamides is 1. The molecule has 2 heterocycles. The van der Waals surface area contributed by atoms with Crippen LogP contribution in [0.1, 0.15) is 44.1 Å². The molecule has 1 aliphatic rings. The lowest BCUT2D eigenvalue weighted by atomic mass is 10.0. The molecular formula is C23H27FN4O3S. The molecule has 3 aromatic rings. The summed E-state index contributed by atoms with van der Waals surface area (Å²) in [6.45, 7) is 6.24. The molecular weight excluding hydrogens is 431 g/mol. The van der Waals surface area contributed by atoms with Crippen LogP contribution in [0.25, 0.3) is 11.4 Å². The van der Waals surface area contributed by atoms with Gasteiger partial charge in [0.1, 0.15) is 5.82 Å². The van der Waals surface area contributed by atoms with E-state index in [1.165, 1.54) is 17.7 Å². The number of nitrogens with zero attached hydrogens (tertiary/aromatic N) is 3. The Morgan fingerprint density at radius 2 is 1.75 bits per heavy atom. The maximum atomic E-state index is 13.1. The van der Waals surface area contributed by atoms with Gasteiger partial charge < -0.3 is 4.52 Å². The topological polar surface area (TPSA) is 88.3 Å². The van der Waals surface area contributed by atoms with Crippen molar-refractivity contribution in [1.29, 1.82) is 0 Å². The number of likely N-dealkylation sites (tertiary alicyclic amines) is 1. The van der Waals surface area contributed by atoms with Crippen molar-refractivity contribution in [3.63, 3.8) is 0 Å². The molecule has 1 aliphatic heterocycles. The van der Waals surface area contributed by atoms with E-state index in [1.54, 1.807) is 0 Å². The van der Waals surface area contributed by atoms with Gasteiger partial charge in [0.15, 0.2) is 0 Å². The van der Waals surface area contributed by atoms with Crippen molar-refractivity contribution in [2.24, 2.45) is 0 Å². The Morgan fingerprint density at radius 3 is 2.38 bits per heavy atom. The number of halogens is 1. The fourth-order valence-electron chi connectivity index (χ4n) is 3.75. The molecule has 0 spiro atoms. The molecule has 0 bridgehead atoms. The van der Waals surface area contributed by atoms with E-state index in [2.05, 4.69) is 45.7 Å². The fraction of sp³-hybridized carbons (Fsp3) is 0.391. The van der Waals surface area contributed by atoms with E-state index in [4.69, 9.17) is 4.52 Å². The fourth-order valence-corrected chi connectivity index (χ4v) is 5.06. The normalized spacial score (nSPS) is 16.0. The highest BCUT2D eigenvalue weighted by atomic mass is 32.2. The van der Waals surface area contributed by atoms with Gasteiger partial charge in [-0.3, -0.25) is 4.90 Å². The highest BCUT2D eigenvalue weighted by molar-refractivity contribution is 7.89. The van der Waals surface area contributed by atoms with Gasteiger partial charge in [0.05, 0.1) is 11.4 Å². The third-order valence-electron chi connectivity index (χ3n) is 5.70. The molecule has 0 atom stereocenters. The van der Waals surface area contributed by atoms with Gasteiger partial charge in [-0.25, -0.2) is 17.5 Å². The summed E-state index contributed by atoms with van der Waals surface area (Å²) >= 11 is 0. The summed E-state index contributed by atoms with van der Waals surface area (Å²) < 4.78 is 46.2. The Hall–Kier alpha value is -2.62. The minimum Gasteiger partial charge on any atom is -0.338 e. The number of benzene rings is 2. The molecule has 0 radical (unpaired) electrons. The summed E-state index contributed by atoms with van der Waals surface area (Å²) in [5.74, 6) is 1.11. The Kier molecular flexibility index (Phi) is 6.68. The van der Waals surface area contributed by atoms with Crippen LogP contribution in [0, 0.1) is 5.82 Å². The Labute approximate surface area is 187 Å². The summed E-state index contributed by atoms with van der Waals surface area (Å²) in [5, 5.41) is 4.10. The van der Waals surface area contributed by atoms with Gasteiger partial charge in [0, 0.05) is 24.7 Å². The van der Waals surface area contributed by atoms with Gasteiger partial charge in [-0.15, -0.1) is 0 Å². The van der Waals surface area contributed by atoms with E-state index >= 15 is 0 Å². The number of rotatable bonds is 7. The molecule has 0 aliphatic carbocycles. The monoisotopic (exact) mass is 458 g/mol. The number of hydrogen-bond donors (Lipinski definition) is 1. The van der Waals surface area contributed by atoms with Crippen LogP contribution >= 0.6 is 0 Å². The average molecular weight is 459 g/mol. The van der Waals surface area contributed by atoms with Gasteiger partial charge in [0.25, 0.3) is 0 Å². The van der Waals surface area contributed by atoms with Crippen molar-refractivity contribution in [3.05, 3.63) is 65.8 Å². The first-order valence-electron chi connectivity index (χ1n) is 10.7. The third-order valence-corrected chi connectivity index (χ3v) is 7.23. The molecule has 32 heavy (non-hydrogen) atoms. The molecule has 1 N–H and O–H groups in total. The van der Waals surface area contributed by atoms with Crippen molar-refractivity contribution < 1.29 is 17.3 Å². The number of nitrogens with one attached hydrogen (secondary N) is 1. The van der Waals surface area contributed by atoms with E-state index in [0.717, 1.165) is 17.7 Å². The SMILES string of the molecule is CC(C)c1ccc(-c2noc(CN3CCC(NS(=O)(=O)c4ccc(F)cc4)CC3)n2)cc1. The second-order valence-electron chi connectivity index (χ2n) is 8.41. The summed E-state index contributed by atoms with van der Waals surface area (Å²) in [6.07, 6.45) is 1.33. The van der Waals surface area contributed by atoms with E-state index < -0.39 is 15.8 Å². The predicted molar refractivity (Wildman–Crippen MR) is 119 cm³/mol. The zero-order chi connectivity index (χ0) is 22.7. The minimum atomic E-state index is -3.66. The van der Waals surface area contributed by atoms with Crippen molar-refractivity contribution in [2.45, 2.75) is 50.1 Å². The quantitative estimate of drug-likeness (QED) is 0.577. The number of hydrogen-bond acceptors (Lipinski definition) is 6. The van der Waals surface area contributed by atoms with Crippen LogP contribution in [0.5, 0.6) is 0 Å². The largest absolute Gasteiger partial charge is 0.338 e. The second kappa shape index (κ2) is 9.48. The van der Waals surface area contributed by atoms with E-state index in [1.807, 2.05) is 12.1 Å². The van der Waals surface area contributed by atoms with Gasteiger partial charge in [-0.2, -0.15) is 4.98 Å². The molecule has 0 unspecified atom stereocenters. The highest BCUT2D eigenvalue weighted by Crippen LogP contribution is 2.22. The average Bonchev–Trinajstić information content (AvgIpc) is 3.24. The number of piperidine rings is 1. The van der Waals surface area contributed by atoms with E-state index in [9.17, 15) is 12.8 Å². The lowest BCUT2D eigenvalue weighted by molar-refractivity contribution is 0.177. The maximum absolute atomic E-state index is 13.1. The smallest absolute Gasteiger partial charge is 0.241 e. The van der Waals surface area contributed by atoms with Crippen molar-refractivity contribution in [2.75, 3.05) is 13.1 Å². The molecule has 4 rings (SSSR count). The Morgan fingerprint density at radius 1 is 1.09 bits per heavy atom. The molecule has 0 saturated carbocycles. The molecule has 7 nitrogen and oxygen atoms in total. The van der Waals surface area contributed by atoms with Crippen molar-refractivity contribution >= 4 is 10.0 Å². The maximum Gasteiger partial charge on any atom is 0.241 e. The van der Waals surface area contributed by atoms with Crippen LogP contribution in [0.2, 0.25) is 0 Å². The summed E-state index contributed by atoms with van der Waals surface area (Å²) in [4.78, 5) is 6.75. The molecule has 2 aromatic carbocycles. The lowest BCUT2D eigenvalue weighted by Crippen LogP contribution is -2.44. The zero-order valence-electron chi connectivity index (χ0n) is 18.2. The third kappa shape index (κ3) is 5.40. The zero-order valence-corrected chi connectivity index (χ0v) is 19.0. The first-order chi connectivity index (χ1) is 15.3. The Bertz CT molecular complexity index is 1140. The molecule has 1 saturated heterocycles. The van der Waals surface area contributed by atoms with Gasteiger partial charge in [-0.05, 0) is 48.6 Å². The Balaban J connectivity index is 1.30. The summed E-state index contributed by atoms with van der Waals surface area (Å²) in [7, 11) is -3.66. The van der Waals surface area contributed by atoms with Crippen molar-refractivity contribution in [3.8, 4) is 11.4 Å². The standard InChI is InChI=1S/C23H27FN4O3S/c1-16(2)17-3-5-18(6-4-17)23-25-22(31-26-23)15-28-13-11-20(12-14-28)27-32(29,30)21-9-7-19(24)8-10-21/h3-10,16,20,27H,11-15H2,1-2H3. The first-order valence-corrected chi connectivity index (χ1v) is 12.2. The first kappa shape index (κ1) is 22.6. The summed E-state index contributed by atoms with van der Waals surface area (Å²) in [5.41, 5.74) is 2.17. The van der Waals surface area contributed by atoms with Crippen molar-refractivity contribution in [1.82, 2.24) is 19.8 Å². The highest BCUT2D eigenvalue weighted by Gasteiger charge is 2.25. The summed E-state index contributed by atoms with van der Waals surface area (Å²) in [6, 6.07) is 12.8. The molecule has 0 amide bonds. The van der Waals surface area contributed by atoms with E-state index in [0.29, 0.717) is 50.1 Å². The molecule has 1 fully saturated rings.